The van der Waals surface area contributed by atoms with E-state index in [1.165, 1.54) is 6.07 Å². The zero-order chi connectivity index (χ0) is 11.9. The summed E-state index contributed by atoms with van der Waals surface area (Å²) in [6.45, 7) is 3.85. The van der Waals surface area contributed by atoms with E-state index in [9.17, 15) is 4.79 Å². The van der Waals surface area contributed by atoms with E-state index in [0.717, 1.165) is 0 Å². The van der Waals surface area contributed by atoms with E-state index in [1.54, 1.807) is 6.07 Å². The van der Waals surface area contributed by atoms with Crippen LogP contribution in [0, 0.1) is 0 Å². The van der Waals surface area contributed by atoms with E-state index in [0.29, 0.717) is 16.4 Å². The molecule has 16 heavy (non-hydrogen) atoms. The largest absolute Gasteiger partial charge is 0.478 e. The summed E-state index contributed by atoms with van der Waals surface area (Å²) >= 11 is 5.81. The van der Waals surface area contributed by atoms with Crippen LogP contribution in [0.25, 0.3) is 11.1 Å². The maximum atomic E-state index is 11.0. The first-order valence-electron chi connectivity index (χ1n) is 4.82. The lowest BCUT2D eigenvalue weighted by molar-refractivity contribution is 0.0698. The average molecular weight is 240 g/mol. The quantitative estimate of drug-likeness (QED) is 0.873. The van der Waals surface area contributed by atoms with Crippen molar-refractivity contribution in [2.45, 2.75) is 19.8 Å². The third kappa shape index (κ3) is 1.76. The molecule has 2 rings (SSSR count). The number of nitrogens with zero attached hydrogens (tertiary/aromatic N) is 1. The molecule has 0 fully saturated rings. The van der Waals surface area contributed by atoms with Crippen LogP contribution in [-0.2, 0) is 0 Å². The van der Waals surface area contributed by atoms with Crippen molar-refractivity contribution in [2.75, 3.05) is 0 Å². The molecule has 0 atom stereocenters. The standard InChI is InChI=1S/C11H10ClNO3/c1-5(2)10-13-8-4-6(12)3-7(11(14)15)9(8)16-10/h3-5H,1-2H3,(H,14,15). The number of carbonyl (C=O) groups is 1. The Hall–Kier alpha value is -1.55. The monoisotopic (exact) mass is 239 g/mol. The minimum Gasteiger partial charge on any atom is -0.478 e. The Kier molecular flexibility index (Phi) is 2.59. The van der Waals surface area contributed by atoms with Crippen molar-refractivity contribution in [3.05, 3.63) is 28.6 Å². The molecule has 1 N–H and O–H groups in total. The van der Waals surface area contributed by atoms with E-state index < -0.39 is 5.97 Å². The van der Waals surface area contributed by atoms with Crippen LogP contribution >= 0.6 is 11.6 Å². The first-order chi connectivity index (χ1) is 7.49. The summed E-state index contributed by atoms with van der Waals surface area (Å²) in [6.07, 6.45) is 0. The summed E-state index contributed by atoms with van der Waals surface area (Å²) < 4.78 is 5.43. The highest BCUT2D eigenvalue weighted by molar-refractivity contribution is 6.31. The van der Waals surface area contributed by atoms with Gasteiger partial charge in [-0.3, -0.25) is 0 Å². The topological polar surface area (TPSA) is 63.3 Å². The van der Waals surface area contributed by atoms with Gasteiger partial charge in [-0.15, -0.1) is 0 Å². The SMILES string of the molecule is CC(C)c1nc2cc(Cl)cc(C(=O)O)c2o1. The maximum absolute atomic E-state index is 11.0. The van der Waals surface area contributed by atoms with Gasteiger partial charge < -0.3 is 9.52 Å². The Bertz CT molecular complexity index is 560. The molecule has 84 valence electrons. The van der Waals surface area contributed by atoms with Gasteiger partial charge in [-0.05, 0) is 12.1 Å². The molecule has 0 aliphatic carbocycles. The van der Waals surface area contributed by atoms with E-state index in [4.69, 9.17) is 21.1 Å². The van der Waals surface area contributed by atoms with Gasteiger partial charge in [-0.2, -0.15) is 0 Å². The Labute approximate surface area is 96.8 Å². The van der Waals surface area contributed by atoms with Crippen molar-refractivity contribution in [1.29, 1.82) is 0 Å². The van der Waals surface area contributed by atoms with Crippen molar-refractivity contribution >= 4 is 28.7 Å². The van der Waals surface area contributed by atoms with Crippen molar-refractivity contribution in [1.82, 2.24) is 4.98 Å². The highest BCUT2D eigenvalue weighted by Crippen LogP contribution is 2.27. The number of carboxylic acid groups (broad SMARTS) is 1. The summed E-state index contributed by atoms with van der Waals surface area (Å²) in [7, 11) is 0. The summed E-state index contributed by atoms with van der Waals surface area (Å²) in [5.74, 6) is -0.452. The lowest BCUT2D eigenvalue weighted by atomic mass is 10.2. The lowest BCUT2D eigenvalue weighted by Gasteiger charge is -1.96. The summed E-state index contributed by atoms with van der Waals surface area (Å²) in [5, 5.41) is 9.35. The van der Waals surface area contributed by atoms with Crippen LogP contribution in [0.4, 0.5) is 0 Å². The number of aromatic nitrogens is 1. The van der Waals surface area contributed by atoms with Gasteiger partial charge in [0.15, 0.2) is 11.5 Å². The second kappa shape index (κ2) is 3.79. The van der Waals surface area contributed by atoms with Gasteiger partial charge in [0, 0.05) is 10.9 Å². The van der Waals surface area contributed by atoms with Crippen LogP contribution in [0.5, 0.6) is 0 Å². The Morgan fingerprint density at radius 2 is 2.19 bits per heavy atom. The molecule has 0 saturated carbocycles. The summed E-state index contributed by atoms with van der Waals surface area (Å²) in [4.78, 5) is 15.2. The molecule has 0 radical (unpaired) electrons. The fourth-order valence-electron chi connectivity index (χ4n) is 1.42. The van der Waals surface area contributed by atoms with Crippen molar-refractivity contribution in [2.24, 2.45) is 0 Å². The third-order valence-corrected chi connectivity index (χ3v) is 2.41. The minimum atomic E-state index is -1.07. The van der Waals surface area contributed by atoms with Crippen LogP contribution in [0.2, 0.25) is 5.02 Å². The summed E-state index contributed by atoms with van der Waals surface area (Å²) in [5.41, 5.74) is 0.802. The number of carboxylic acids is 1. The van der Waals surface area contributed by atoms with Crippen molar-refractivity contribution in [3.63, 3.8) is 0 Å². The number of hydrogen-bond donors (Lipinski definition) is 1. The zero-order valence-corrected chi connectivity index (χ0v) is 9.58. The molecule has 1 aromatic heterocycles. The molecule has 0 bridgehead atoms. The van der Waals surface area contributed by atoms with E-state index in [2.05, 4.69) is 4.98 Å². The lowest BCUT2D eigenvalue weighted by Crippen LogP contribution is -1.96. The number of halogens is 1. The van der Waals surface area contributed by atoms with Crippen molar-refractivity contribution in [3.8, 4) is 0 Å². The van der Waals surface area contributed by atoms with Crippen LogP contribution in [0.3, 0.4) is 0 Å². The third-order valence-electron chi connectivity index (χ3n) is 2.20. The average Bonchev–Trinajstić information content (AvgIpc) is 2.59. The molecule has 0 saturated heterocycles. The van der Waals surface area contributed by atoms with E-state index in [1.807, 2.05) is 13.8 Å². The maximum Gasteiger partial charge on any atom is 0.339 e. The number of rotatable bonds is 2. The fourth-order valence-corrected chi connectivity index (χ4v) is 1.63. The second-order valence-electron chi connectivity index (χ2n) is 3.81. The smallest absolute Gasteiger partial charge is 0.339 e. The molecule has 4 nitrogen and oxygen atoms in total. The molecule has 2 aromatic rings. The van der Waals surface area contributed by atoms with Crippen LogP contribution in [0.1, 0.15) is 36.0 Å². The second-order valence-corrected chi connectivity index (χ2v) is 4.25. The van der Waals surface area contributed by atoms with E-state index in [-0.39, 0.29) is 17.1 Å². The first kappa shape index (κ1) is 11.0. The normalized spacial score (nSPS) is 11.2. The molecule has 1 heterocycles. The highest BCUT2D eigenvalue weighted by Gasteiger charge is 2.17. The molecular formula is C11H10ClNO3. The highest BCUT2D eigenvalue weighted by atomic mass is 35.5. The molecule has 5 heteroatoms. The Morgan fingerprint density at radius 1 is 1.50 bits per heavy atom. The van der Waals surface area contributed by atoms with Gasteiger partial charge in [-0.1, -0.05) is 25.4 Å². The number of aromatic carboxylic acids is 1. The Morgan fingerprint density at radius 3 is 2.75 bits per heavy atom. The molecule has 0 aliphatic heterocycles. The van der Waals surface area contributed by atoms with Gasteiger partial charge in [0.2, 0.25) is 0 Å². The molecule has 0 unspecified atom stereocenters. The van der Waals surface area contributed by atoms with Crippen LogP contribution in [0.15, 0.2) is 16.5 Å². The molecule has 0 spiro atoms. The number of fused-ring (bicyclic) bond motifs is 1. The van der Waals surface area contributed by atoms with Crippen molar-refractivity contribution < 1.29 is 14.3 Å². The molecular weight excluding hydrogens is 230 g/mol. The van der Waals surface area contributed by atoms with Gasteiger partial charge in [0.05, 0.1) is 0 Å². The predicted octanol–water partition coefficient (Wildman–Crippen LogP) is 3.30. The van der Waals surface area contributed by atoms with Gasteiger partial charge >= 0.3 is 5.97 Å². The zero-order valence-electron chi connectivity index (χ0n) is 8.82. The predicted molar refractivity (Wildman–Crippen MR) is 60.1 cm³/mol. The minimum absolute atomic E-state index is 0.0434. The van der Waals surface area contributed by atoms with Gasteiger partial charge in [0.1, 0.15) is 11.1 Å². The Balaban J connectivity index is 2.75. The molecule has 1 aromatic carbocycles. The molecule has 0 amide bonds. The number of oxazole rings is 1. The summed E-state index contributed by atoms with van der Waals surface area (Å²) in [6, 6.07) is 2.96. The fraction of sp³-hybridized carbons (Fsp3) is 0.273. The van der Waals surface area contributed by atoms with E-state index >= 15 is 0 Å². The molecule has 0 aliphatic rings. The first-order valence-corrected chi connectivity index (χ1v) is 5.20. The van der Waals surface area contributed by atoms with Crippen LogP contribution < -0.4 is 0 Å². The van der Waals surface area contributed by atoms with Gasteiger partial charge in [0.25, 0.3) is 0 Å². The van der Waals surface area contributed by atoms with Gasteiger partial charge in [-0.25, -0.2) is 9.78 Å². The number of benzene rings is 1. The van der Waals surface area contributed by atoms with Crippen LogP contribution in [-0.4, -0.2) is 16.1 Å². The number of hydrogen-bond acceptors (Lipinski definition) is 3.